The van der Waals surface area contributed by atoms with Crippen LogP contribution in [0.3, 0.4) is 0 Å². The molecular formula is C17H25NO2. The Morgan fingerprint density at radius 3 is 2.20 bits per heavy atom. The zero-order valence-electron chi connectivity index (χ0n) is 12.9. The lowest BCUT2D eigenvalue weighted by molar-refractivity contribution is -0.117. The summed E-state index contributed by atoms with van der Waals surface area (Å²) in [5.74, 6) is -0.293. The predicted octanol–water partition coefficient (Wildman–Crippen LogP) is 3.51. The van der Waals surface area contributed by atoms with Crippen molar-refractivity contribution in [2.24, 2.45) is 5.92 Å². The first-order valence-corrected chi connectivity index (χ1v) is 7.32. The molecule has 1 N–H and O–H groups in total. The SMILES string of the molecule is Cc1ccc(C(=O)C(=O)NC(C)CCCC(C)C)cc1. The van der Waals surface area contributed by atoms with Crippen molar-refractivity contribution < 1.29 is 9.59 Å². The molecule has 0 aliphatic carbocycles. The monoisotopic (exact) mass is 275 g/mol. The fraction of sp³-hybridized carbons (Fsp3) is 0.529. The number of hydrogen-bond acceptors (Lipinski definition) is 2. The topological polar surface area (TPSA) is 46.2 Å². The van der Waals surface area contributed by atoms with E-state index in [0.717, 1.165) is 24.8 Å². The van der Waals surface area contributed by atoms with Crippen LogP contribution < -0.4 is 5.32 Å². The summed E-state index contributed by atoms with van der Waals surface area (Å²) in [6, 6.07) is 7.11. The Bertz CT molecular complexity index is 449. The number of nitrogens with one attached hydrogen (secondary N) is 1. The molecule has 1 atom stereocenters. The number of Topliss-reactive ketones (excluding diaryl/α,β-unsaturated/α-hetero) is 1. The van der Waals surface area contributed by atoms with Crippen LogP contribution in [0.15, 0.2) is 24.3 Å². The van der Waals surface area contributed by atoms with Crippen LogP contribution in [-0.2, 0) is 4.79 Å². The molecule has 0 spiro atoms. The standard InChI is InChI=1S/C17H25NO2/c1-12(2)6-5-7-14(4)18-17(20)16(19)15-10-8-13(3)9-11-15/h8-12,14H,5-7H2,1-4H3,(H,18,20). The third-order valence-corrected chi connectivity index (χ3v) is 3.32. The molecule has 1 aromatic carbocycles. The minimum absolute atomic E-state index is 0.0376. The highest BCUT2D eigenvalue weighted by Gasteiger charge is 2.17. The van der Waals surface area contributed by atoms with Crippen molar-refractivity contribution in [1.29, 1.82) is 0 Å². The molecule has 1 aromatic rings. The quantitative estimate of drug-likeness (QED) is 0.611. The largest absolute Gasteiger partial charge is 0.347 e. The fourth-order valence-corrected chi connectivity index (χ4v) is 2.03. The number of hydrogen-bond donors (Lipinski definition) is 1. The Labute approximate surface area is 121 Å². The molecule has 0 heterocycles. The molecule has 0 bridgehead atoms. The summed E-state index contributed by atoms with van der Waals surface area (Å²) in [6.07, 6.45) is 3.12. The normalized spacial score (nSPS) is 12.2. The third-order valence-electron chi connectivity index (χ3n) is 3.32. The van der Waals surface area contributed by atoms with E-state index in [9.17, 15) is 9.59 Å². The van der Waals surface area contributed by atoms with Gasteiger partial charge < -0.3 is 5.32 Å². The Morgan fingerprint density at radius 2 is 1.65 bits per heavy atom. The van der Waals surface area contributed by atoms with Gasteiger partial charge in [-0.15, -0.1) is 0 Å². The van der Waals surface area contributed by atoms with Crippen LogP contribution in [-0.4, -0.2) is 17.7 Å². The molecule has 1 amide bonds. The minimum Gasteiger partial charge on any atom is -0.347 e. The second-order valence-electron chi connectivity index (χ2n) is 5.89. The molecule has 0 radical (unpaired) electrons. The number of ketones is 1. The maximum atomic E-state index is 12.0. The molecule has 0 aliphatic heterocycles. The number of amides is 1. The van der Waals surface area contributed by atoms with Crippen molar-refractivity contribution in [2.75, 3.05) is 0 Å². The van der Waals surface area contributed by atoms with Crippen molar-refractivity contribution in [3.05, 3.63) is 35.4 Å². The molecule has 0 saturated carbocycles. The smallest absolute Gasteiger partial charge is 0.292 e. The predicted molar refractivity (Wildman–Crippen MR) is 81.8 cm³/mol. The Balaban J connectivity index is 2.45. The van der Waals surface area contributed by atoms with E-state index in [1.54, 1.807) is 12.1 Å². The van der Waals surface area contributed by atoms with Gasteiger partial charge in [-0.3, -0.25) is 9.59 Å². The van der Waals surface area contributed by atoms with Crippen molar-refractivity contribution in [2.45, 2.75) is 53.0 Å². The van der Waals surface area contributed by atoms with Crippen molar-refractivity contribution in [3.63, 3.8) is 0 Å². The van der Waals surface area contributed by atoms with E-state index in [-0.39, 0.29) is 6.04 Å². The Hall–Kier alpha value is -1.64. The second-order valence-corrected chi connectivity index (χ2v) is 5.89. The summed E-state index contributed by atoms with van der Waals surface area (Å²) in [7, 11) is 0. The van der Waals surface area contributed by atoms with E-state index < -0.39 is 11.7 Å². The number of carbonyl (C=O) groups is 2. The number of rotatable bonds is 7. The van der Waals surface area contributed by atoms with Gasteiger partial charge in [-0.25, -0.2) is 0 Å². The zero-order chi connectivity index (χ0) is 15.1. The van der Waals surface area contributed by atoms with Crippen molar-refractivity contribution >= 4 is 11.7 Å². The first-order chi connectivity index (χ1) is 9.40. The molecule has 0 saturated heterocycles. The van der Waals surface area contributed by atoms with Crippen LogP contribution in [0.1, 0.15) is 56.0 Å². The van der Waals surface area contributed by atoms with Crippen LogP contribution in [0.4, 0.5) is 0 Å². The van der Waals surface area contributed by atoms with E-state index in [2.05, 4.69) is 19.2 Å². The first-order valence-electron chi connectivity index (χ1n) is 7.32. The summed E-state index contributed by atoms with van der Waals surface area (Å²) < 4.78 is 0. The minimum atomic E-state index is -0.508. The molecule has 1 rings (SSSR count). The molecule has 0 fully saturated rings. The van der Waals surface area contributed by atoms with Gasteiger partial charge in [0.25, 0.3) is 5.91 Å². The van der Waals surface area contributed by atoms with Crippen LogP contribution in [0.5, 0.6) is 0 Å². The maximum Gasteiger partial charge on any atom is 0.292 e. The Kier molecular flexibility index (Phi) is 6.43. The van der Waals surface area contributed by atoms with E-state index in [0.29, 0.717) is 11.5 Å². The second kappa shape index (κ2) is 7.83. The van der Waals surface area contributed by atoms with Gasteiger partial charge in [0.05, 0.1) is 0 Å². The summed E-state index contributed by atoms with van der Waals surface area (Å²) in [5, 5.41) is 2.78. The van der Waals surface area contributed by atoms with Crippen LogP contribution >= 0.6 is 0 Å². The number of aryl methyl sites for hydroxylation is 1. The van der Waals surface area contributed by atoms with E-state index in [4.69, 9.17) is 0 Å². The highest BCUT2D eigenvalue weighted by Crippen LogP contribution is 2.09. The van der Waals surface area contributed by atoms with Gasteiger partial charge in [0.2, 0.25) is 5.78 Å². The lowest BCUT2D eigenvalue weighted by Crippen LogP contribution is -2.37. The molecule has 20 heavy (non-hydrogen) atoms. The van der Waals surface area contributed by atoms with Gasteiger partial charge in [-0.05, 0) is 26.2 Å². The van der Waals surface area contributed by atoms with Crippen molar-refractivity contribution in [1.82, 2.24) is 5.32 Å². The lowest BCUT2D eigenvalue weighted by Gasteiger charge is -2.14. The summed E-state index contributed by atoms with van der Waals surface area (Å²) >= 11 is 0. The molecule has 3 heteroatoms. The molecule has 1 unspecified atom stereocenters. The average Bonchev–Trinajstić information content (AvgIpc) is 2.38. The van der Waals surface area contributed by atoms with E-state index >= 15 is 0 Å². The molecular weight excluding hydrogens is 250 g/mol. The van der Waals surface area contributed by atoms with Gasteiger partial charge in [0.15, 0.2) is 0 Å². The molecule has 0 aliphatic rings. The molecule has 3 nitrogen and oxygen atoms in total. The maximum absolute atomic E-state index is 12.0. The average molecular weight is 275 g/mol. The lowest BCUT2D eigenvalue weighted by atomic mass is 10.0. The van der Waals surface area contributed by atoms with Gasteiger partial charge in [0, 0.05) is 11.6 Å². The van der Waals surface area contributed by atoms with Crippen LogP contribution in [0, 0.1) is 12.8 Å². The van der Waals surface area contributed by atoms with Crippen molar-refractivity contribution in [3.8, 4) is 0 Å². The zero-order valence-corrected chi connectivity index (χ0v) is 12.9. The highest BCUT2D eigenvalue weighted by molar-refractivity contribution is 6.42. The number of benzene rings is 1. The summed E-state index contributed by atoms with van der Waals surface area (Å²) in [5.41, 5.74) is 1.52. The van der Waals surface area contributed by atoms with Gasteiger partial charge in [0.1, 0.15) is 0 Å². The van der Waals surface area contributed by atoms with E-state index in [1.807, 2.05) is 26.0 Å². The van der Waals surface area contributed by atoms with E-state index in [1.165, 1.54) is 0 Å². The number of carbonyl (C=O) groups excluding carboxylic acids is 2. The van der Waals surface area contributed by atoms with Crippen LogP contribution in [0.25, 0.3) is 0 Å². The summed E-state index contributed by atoms with van der Waals surface area (Å²) in [4.78, 5) is 23.8. The van der Waals surface area contributed by atoms with Crippen LogP contribution in [0.2, 0.25) is 0 Å². The van der Waals surface area contributed by atoms with Gasteiger partial charge in [-0.1, -0.05) is 56.5 Å². The molecule has 110 valence electrons. The van der Waals surface area contributed by atoms with Gasteiger partial charge >= 0.3 is 0 Å². The highest BCUT2D eigenvalue weighted by atomic mass is 16.2. The molecule has 0 aromatic heterocycles. The third kappa shape index (κ3) is 5.55. The Morgan fingerprint density at radius 1 is 1.05 bits per heavy atom. The first kappa shape index (κ1) is 16.4. The summed E-state index contributed by atoms with van der Waals surface area (Å²) in [6.45, 7) is 8.26. The fourth-order valence-electron chi connectivity index (χ4n) is 2.03. The van der Waals surface area contributed by atoms with Gasteiger partial charge in [-0.2, -0.15) is 0 Å².